The Balaban J connectivity index is 2.70. The second kappa shape index (κ2) is 2.75. The van der Waals surface area contributed by atoms with Crippen LogP contribution in [0.2, 0.25) is 0 Å². The highest BCUT2D eigenvalue weighted by Gasteiger charge is 2.42. The SMILES string of the molecule is C[C@@H]1OC(=O)[C@@H](F)[C@H](O)[C@H]1O. The van der Waals surface area contributed by atoms with E-state index in [0.29, 0.717) is 0 Å². The number of carbonyl (C=O) groups excluding carboxylic acids is 1. The van der Waals surface area contributed by atoms with Crippen LogP contribution in [0.15, 0.2) is 0 Å². The van der Waals surface area contributed by atoms with Gasteiger partial charge in [-0.2, -0.15) is 0 Å². The molecule has 0 spiro atoms. The molecule has 0 aromatic heterocycles. The van der Waals surface area contributed by atoms with E-state index < -0.39 is 30.5 Å². The minimum absolute atomic E-state index is 0.843. The van der Waals surface area contributed by atoms with E-state index in [0.717, 1.165) is 0 Å². The van der Waals surface area contributed by atoms with E-state index in [2.05, 4.69) is 4.74 Å². The van der Waals surface area contributed by atoms with Gasteiger partial charge in [-0.25, -0.2) is 9.18 Å². The highest BCUT2D eigenvalue weighted by Crippen LogP contribution is 2.18. The molecule has 0 amide bonds. The van der Waals surface area contributed by atoms with Gasteiger partial charge in [-0.05, 0) is 6.92 Å². The lowest BCUT2D eigenvalue weighted by Crippen LogP contribution is -2.52. The Labute approximate surface area is 62.6 Å². The average Bonchev–Trinajstić information content (AvgIpc) is 1.97. The predicted octanol–water partition coefficient (Wildman–Crippen LogP) is -1.01. The Morgan fingerprint density at radius 3 is 2.55 bits per heavy atom. The van der Waals surface area contributed by atoms with Gasteiger partial charge in [-0.1, -0.05) is 0 Å². The third-order valence-electron chi connectivity index (χ3n) is 1.66. The summed E-state index contributed by atoms with van der Waals surface area (Å²) in [5.41, 5.74) is 0. The first-order chi connectivity index (χ1) is 5.04. The van der Waals surface area contributed by atoms with Crippen molar-refractivity contribution in [2.24, 2.45) is 0 Å². The summed E-state index contributed by atoms with van der Waals surface area (Å²) >= 11 is 0. The average molecular weight is 164 g/mol. The molecule has 2 N–H and O–H groups in total. The number of cyclic esters (lactones) is 1. The zero-order chi connectivity index (χ0) is 8.59. The third-order valence-corrected chi connectivity index (χ3v) is 1.66. The van der Waals surface area contributed by atoms with Gasteiger partial charge in [0.2, 0.25) is 6.17 Å². The second-order valence-corrected chi connectivity index (χ2v) is 2.52. The fraction of sp³-hybridized carbons (Fsp3) is 0.833. The van der Waals surface area contributed by atoms with E-state index in [1.807, 2.05) is 0 Å². The molecule has 5 heteroatoms. The number of aliphatic hydroxyl groups is 2. The number of ether oxygens (including phenoxy) is 1. The van der Waals surface area contributed by atoms with Crippen LogP contribution >= 0.6 is 0 Å². The lowest BCUT2D eigenvalue weighted by atomic mass is 10.0. The van der Waals surface area contributed by atoms with E-state index in [1.165, 1.54) is 6.92 Å². The van der Waals surface area contributed by atoms with Crippen molar-refractivity contribution in [3.8, 4) is 0 Å². The molecule has 0 bridgehead atoms. The Hall–Kier alpha value is -0.680. The van der Waals surface area contributed by atoms with Crippen molar-refractivity contribution < 1.29 is 24.1 Å². The van der Waals surface area contributed by atoms with Crippen molar-refractivity contribution in [3.63, 3.8) is 0 Å². The summed E-state index contributed by atoms with van der Waals surface area (Å²) in [6.07, 6.45) is -5.96. The molecule has 1 heterocycles. The lowest BCUT2D eigenvalue weighted by molar-refractivity contribution is -0.190. The molecule has 4 atom stereocenters. The van der Waals surface area contributed by atoms with Gasteiger partial charge >= 0.3 is 5.97 Å². The maximum Gasteiger partial charge on any atom is 0.343 e. The standard InChI is InChI=1S/C6H9FO4/c1-2-4(8)5(9)3(7)6(10)11-2/h2-5,8-9H,1H3/t2-,3-,4-,5-/m0/s1. The largest absolute Gasteiger partial charge is 0.458 e. The first-order valence-corrected chi connectivity index (χ1v) is 3.24. The highest BCUT2D eigenvalue weighted by molar-refractivity contribution is 5.76. The number of rotatable bonds is 0. The fourth-order valence-corrected chi connectivity index (χ4v) is 0.908. The van der Waals surface area contributed by atoms with Gasteiger partial charge in [-0.3, -0.25) is 0 Å². The number of halogens is 1. The molecule has 1 aliphatic heterocycles. The quantitative estimate of drug-likeness (QED) is 0.450. The summed E-state index contributed by atoms with van der Waals surface area (Å²) < 4.78 is 16.9. The van der Waals surface area contributed by atoms with Crippen LogP contribution in [0.4, 0.5) is 4.39 Å². The van der Waals surface area contributed by atoms with Crippen LogP contribution in [-0.4, -0.2) is 40.7 Å². The van der Waals surface area contributed by atoms with Crippen molar-refractivity contribution in [2.75, 3.05) is 0 Å². The first kappa shape index (κ1) is 8.42. The van der Waals surface area contributed by atoms with Crippen LogP contribution in [-0.2, 0) is 9.53 Å². The molecule has 11 heavy (non-hydrogen) atoms. The Morgan fingerprint density at radius 1 is 1.45 bits per heavy atom. The molecule has 0 aromatic carbocycles. The number of alkyl halides is 1. The molecular formula is C6H9FO4. The Kier molecular flexibility index (Phi) is 2.10. The molecular weight excluding hydrogens is 155 g/mol. The molecule has 1 rings (SSSR count). The van der Waals surface area contributed by atoms with E-state index in [1.54, 1.807) is 0 Å². The zero-order valence-corrected chi connectivity index (χ0v) is 5.90. The van der Waals surface area contributed by atoms with Crippen LogP contribution in [0, 0.1) is 0 Å². The van der Waals surface area contributed by atoms with Crippen molar-refractivity contribution in [1.82, 2.24) is 0 Å². The second-order valence-electron chi connectivity index (χ2n) is 2.52. The van der Waals surface area contributed by atoms with Gasteiger partial charge in [0.15, 0.2) is 0 Å². The Bertz CT molecular complexity index is 172. The molecule has 4 nitrogen and oxygen atoms in total. The van der Waals surface area contributed by atoms with Crippen LogP contribution in [0.1, 0.15) is 6.92 Å². The predicted molar refractivity (Wildman–Crippen MR) is 32.5 cm³/mol. The molecule has 1 aliphatic rings. The molecule has 0 radical (unpaired) electrons. The highest BCUT2D eigenvalue weighted by atomic mass is 19.1. The monoisotopic (exact) mass is 164 g/mol. The van der Waals surface area contributed by atoms with Gasteiger partial charge in [0.05, 0.1) is 0 Å². The van der Waals surface area contributed by atoms with E-state index >= 15 is 0 Å². The summed E-state index contributed by atoms with van der Waals surface area (Å²) in [6, 6.07) is 0. The molecule has 1 fully saturated rings. The number of hydrogen-bond acceptors (Lipinski definition) is 4. The van der Waals surface area contributed by atoms with Gasteiger partial charge in [0.25, 0.3) is 0 Å². The summed E-state index contributed by atoms with van der Waals surface area (Å²) in [5.74, 6) is -1.12. The minimum Gasteiger partial charge on any atom is -0.458 e. The van der Waals surface area contributed by atoms with Gasteiger partial charge < -0.3 is 14.9 Å². The smallest absolute Gasteiger partial charge is 0.343 e. The molecule has 64 valence electrons. The Morgan fingerprint density at radius 2 is 2.00 bits per heavy atom. The van der Waals surface area contributed by atoms with E-state index in [4.69, 9.17) is 10.2 Å². The van der Waals surface area contributed by atoms with E-state index in [-0.39, 0.29) is 0 Å². The van der Waals surface area contributed by atoms with Crippen molar-refractivity contribution in [2.45, 2.75) is 31.4 Å². The maximum absolute atomic E-state index is 12.5. The molecule has 0 aromatic rings. The summed E-state index contributed by atoms with van der Waals surface area (Å²) in [4.78, 5) is 10.5. The van der Waals surface area contributed by atoms with Crippen LogP contribution in [0.3, 0.4) is 0 Å². The summed E-state index contributed by atoms with van der Waals surface area (Å²) in [6.45, 7) is 1.39. The van der Waals surface area contributed by atoms with Gasteiger partial charge in [-0.15, -0.1) is 0 Å². The number of hydrogen-bond donors (Lipinski definition) is 2. The number of carbonyl (C=O) groups is 1. The molecule has 1 saturated heterocycles. The first-order valence-electron chi connectivity index (χ1n) is 3.24. The zero-order valence-electron chi connectivity index (χ0n) is 5.90. The number of aliphatic hydroxyl groups excluding tert-OH is 2. The minimum atomic E-state index is -2.12. The molecule has 0 unspecified atom stereocenters. The fourth-order valence-electron chi connectivity index (χ4n) is 0.908. The maximum atomic E-state index is 12.5. The van der Waals surface area contributed by atoms with Gasteiger partial charge in [0, 0.05) is 0 Å². The van der Waals surface area contributed by atoms with Gasteiger partial charge in [0.1, 0.15) is 18.3 Å². The topological polar surface area (TPSA) is 66.8 Å². The van der Waals surface area contributed by atoms with Crippen molar-refractivity contribution in [3.05, 3.63) is 0 Å². The normalized spacial score (nSPS) is 45.3. The molecule has 0 saturated carbocycles. The molecule has 0 aliphatic carbocycles. The van der Waals surface area contributed by atoms with Crippen molar-refractivity contribution >= 4 is 5.97 Å². The summed E-state index contributed by atoms with van der Waals surface area (Å²) in [7, 11) is 0. The summed E-state index contributed by atoms with van der Waals surface area (Å²) in [5, 5.41) is 17.8. The van der Waals surface area contributed by atoms with Crippen LogP contribution < -0.4 is 0 Å². The van der Waals surface area contributed by atoms with Crippen molar-refractivity contribution in [1.29, 1.82) is 0 Å². The lowest BCUT2D eigenvalue weighted by Gasteiger charge is -2.30. The van der Waals surface area contributed by atoms with E-state index in [9.17, 15) is 9.18 Å². The van der Waals surface area contributed by atoms with Crippen LogP contribution in [0.25, 0.3) is 0 Å². The number of esters is 1. The van der Waals surface area contributed by atoms with Crippen LogP contribution in [0.5, 0.6) is 0 Å². The third kappa shape index (κ3) is 1.34.